The minimum absolute atomic E-state index is 0.178. The maximum atomic E-state index is 5.94. The van der Waals surface area contributed by atoms with Gasteiger partial charge in [-0.3, -0.25) is 0 Å². The molecular weight excluding hydrogens is 210 g/mol. The highest BCUT2D eigenvalue weighted by atomic mass is 15.1. The topological polar surface area (TPSA) is 43.8 Å². The summed E-state index contributed by atoms with van der Waals surface area (Å²) in [4.78, 5) is 4.35. The quantitative estimate of drug-likeness (QED) is 0.878. The lowest BCUT2D eigenvalue weighted by Gasteiger charge is -2.20. The first kappa shape index (κ1) is 11.9. The number of imidazole rings is 1. The second-order valence-electron chi connectivity index (χ2n) is 4.43. The molecule has 0 amide bonds. The summed E-state index contributed by atoms with van der Waals surface area (Å²) < 4.78 is 2.16. The number of nitrogens with zero attached hydrogens (tertiary/aromatic N) is 2. The number of aryl methyl sites for hydroxylation is 2. The lowest BCUT2D eigenvalue weighted by Crippen LogP contribution is -2.21. The van der Waals surface area contributed by atoms with Crippen LogP contribution in [0.5, 0.6) is 0 Å². The molecule has 0 aliphatic heterocycles. The number of benzene rings is 1. The number of nitrogens with two attached hydrogens (primary N) is 1. The molecule has 1 unspecified atom stereocenters. The molecule has 3 heteroatoms. The van der Waals surface area contributed by atoms with E-state index in [1.807, 2.05) is 13.3 Å². The Bertz CT molecular complexity index is 514. The standard InChI is InChI=1S/C14H19N3/c1-10-6-4-5-7-13(10)14(8-15)17-9-16-11(2)12(17)3/h4-7,9,14H,8,15H2,1-3H3. The van der Waals surface area contributed by atoms with Crippen LogP contribution in [-0.2, 0) is 0 Å². The molecule has 0 saturated carbocycles. The molecule has 0 radical (unpaired) electrons. The molecule has 0 bridgehead atoms. The van der Waals surface area contributed by atoms with Gasteiger partial charge in [0.05, 0.1) is 18.1 Å². The fourth-order valence-corrected chi connectivity index (χ4v) is 2.18. The molecule has 2 aromatic rings. The van der Waals surface area contributed by atoms with Gasteiger partial charge in [0, 0.05) is 12.2 Å². The van der Waals surface area contributed by atoms with Crippen molar-refractivity contribution < 1.29 is 0 Å². The first-order chi connectivity index (χ1) is 8.15. The van der Waals surface area contributed by atoms with Crippen molar-refractivity contribution in [2.75, 3.05) is 6.54 Å². The summed E-state index contributed by atoms with van der Waals surface area (Å²) in [7, 11) is 0. The van der Waals surface area contributed by atoms with Crippen molar-refractivity contribution in [1.82, 2.24) is 9.55 Å². The van der Waals surface area contributed by atoms with E-state index >= 15 is 0 Å². The first-order valence-corrected chi connectivity index (χ1v) is 5.90. The van der Waals surface area contributed by atoms with Gasteiger partial charge in [-0.05, 0) is 31.9 Å². The van der Waals surface area contributed by atoms with Crippen molar-refractivity contribution in [1.29, 1.82) is 0 Å². The van der Waals surface area contributed by atoms with Crippen molar-refractivity contribution >= 4 is 0 Å². The van der Waals surface area contributed by atoms with E-state index in [2.05, 4.69) is 47.7 Å². The maximum Gasteiger partial charge on any atom is 0.0957 e. The van der Waals surface area contributed by atoms with E-state index in [9.17, 15) is 0 Å². The van der Waals surface area contributed by atoms with E-state index in [0.29, 0.717) is 6.54 Å². The van der Waals surface area contributed by atoms with Crippen molar-refractivity contribution in [3.8, 4) is 0 Å². The van der Waals surface area contributed by atoms with E-state index in [4.69, 9.17) is 5.73 Å². The summed E-state index contributed by atoms with van der Waals surface area (Å²) in [5.74, 6) is 0. The van der Waals surface area contributed by atoms with Gasteiger partial charge in [0.25, 0.3) is 0 Å². The van der Waals surface area contributed by atoms with Gasteiger partial charge in [-0.15, -0.1) is 0 Å². The van der Waals surface area contributed by atoms with Crippen molar-refractivity contribution in [3.63, 3.8) is 0 Å². The molecule has 0 spiro atoms. The SMILES string of the molecule is Cc1ccccc1C(CN)n1cnc(C)c1C. The Balaban J connectivity index is 2.48. The number of aromatic nitrogens is 2. The third kappa shape index (κ3) is 2.11. The van der Waals surface area contributed by atoms with Crippen molar-refractivity contribution in [3.05, 3.63) is 53.1 Å². The van der Waals surface area contributed by atoms with Crippen LogP contribution in [0.2, 0.25) is 0 Å². The molecular formula is C14H19N3. The maximum absolute atomic E-state index is 5.94. The van der Waals surface area contributed by atoms with Crippen molar-refractivity contribution in [2.24, 2.45) is 5.73 Å². The molecule has 1 heterocycles. The predicted molar refractivity (Wildman–Crippen MR) is 70.1 cm³/mol. The molecule has 0 aliphatic rings. The summed E-state index contributed by atoms with van der Waals surface area (Å²) in [6, 6.07) is 8.55. The van der Waals surface area contributed by atoms with Gasteiger partial charge in [0.1, 0.15) is 0 Å². The molecule has 17 heavy (non-hydrogen) atoms. The van der Waals surface area contributed by atoms with E-state index in [1.54, 1.807) is 0 Å². The van der Waals surface area contributed by atoms with Gasteiger partial charge < -0.3 is 10.3 Å². The van der Waals surface area contributed by atoms with Crippen LogP contribution in [0.15, 0.2) is 30.6 Å². The summed E-state index contributed by atoms with van der Waals surface area (Å²) in [6.07, 6.45) is 1.88. The van der Waals surface area contributed by atoms with Crippen molar-refractivity contribution in [2.45, 2.75) is 26.8 Å². The molecule has 1 aromatic heterocycles. The zero-order valence-corrected chi connectivity index (χ0v) is 10.6. The Kier molecular flexibility index (Phi) is 3.29. The normalized spacial score (nSPS) is 12.7. The molecule has 0 aliphatic carbocycles. The third-order valence-electron chi connectivity index (χ3n) is 3.39. The molecule has 0 saturated heterocycles. The van der Waals surface area contributed by atoms with Crippen LogP contribution in [-0.4, -0.2) is 16.1 Å². The van der Waals surface area contributed by atoms with Crippen LogP contribution in [0.1, 0.15) is 28.6 Å². The average Bonchev–Trinajstić information content (AvgIpc) is 2.65. The second-order valence-corrected chi connectivity index (χ2v) is 4.43. The van der Waals surface area contributed by atoms with Crippen LogP contribution in [0, 0.1) is 20.8 Å². The zero-order chi connectivity index (χ0) is 12.4. The van der Waals surface area contributed by atoms with Crippen LogP contribution < -0.4 is 5.73 Å². The lowest BCUT2D eigenvalue weighted by atomic mass is 10.0. The van der Waals surface area contributed by atoms with Crippen LogP contribution in [0.4, 0.5) is 0 Å². The molecule has 2 rings (SSSR count). The van der Waals surface area contributed by atoms with Gasteiger partial charge in [0.15, 0.2) is 0 Å². The average molecular weight is 229 g/mol. The lowest BCUT2D eigenvalue weighted by molar-refractivity contribution is 0.578. The zero-order valence-electron chi connectivity index (χ0n) is 10.6. The molecule has 1 aromatic carbocycles. The highest BCUT2D eigenvalue weighted by Crippen LogP contribution is 2.23. The minimum Gasteiger partial charge on any atom is -0.328 e. The van der Waals surface area contributed by atoms with Crippen LogP contribution >= 0.6 is 0 Å². The van der Waals surface area contributed by atoms with E-state index < -0.39 is 0 Å². The highest BCUT2D eigenvalue weighted by molar-refractivity contribution is 5.30. The van der Waals surface area contributed by atoms with E-state index in [0.717, 1.165) is 5.69 Å². The second kappa shape index (κ2) is 4.72. The Labute approximate surface area is 102 Å². The molecule has 1 atom stereocenters. The van der Waals surface area contributed by atoms with Gasteiger partial charge in [0.2, 0.25) is 0 Å². The fraction of sp³-hybridized carbons (Fsp3) is 0.357. The number of rotatable bonds is 3. The van der Waals surface area contributed by atoms with Crippen LogP contribution in [0.3, 0.4) is 0 Å². The smallest absolute Gasteiger partial charge is 0.0957 e. The minimum atomic E-state index is 0.178. The molecule has 0 fully saturated rings. The Morgan fingerprint density at radius 2 is 1.94 bits per heavy atom. The van der Waals surface area contributed by atoms with Gasteiger partial charge >= 0.3 is 0 Å². The van der Waals surface area contributed by atoms with Gasteiger partial charge in [-0.25, -0.2) is 4.98 Å². The highest BCUT2D eigenvalue weighted by Gasteiger charge is 2.16. The predicted octanol–water partition coefficient (Wildman–Crippen LogP) is 2.36. The third-order valence-corrected chi connectivity index (χ3v) is 3.39. The van der Waals surface area contributed by atoms with Gasteiger partial charge in [-0.2, -0.15) is 0 Å². The number of hydrogen-bond donors (Lipinski definition) is 1. The van der Waals surface area contributed by atoms with Gasteiger partial charge in [-0.1, -0.05) is 24.3 Å². The molecule has 90 valence electrons. The summed E-state index contributed by atoms with van der Waals surface area (Å²) in [6.45, 7) is 6.82. The molecule has 3 nitrogen and oxygen atoms in total. The summed E-state index contributed by atoms with van der Waals surface area (Å²) >= 11 is 0. The largest absolute Gasteiger partial charge is 0.328 e. The Hall–Kier alpha value is -1.61. The summed E-state index contributed by atoms with van der Waals surface area (Å²) in [5.41, 5.74) is 10.7. The fourth-order valence-electron chi connectivity index (χ4n) is 2.18. The summed E-state index contributed by atoms with van der Waals surface area (Å²) in [5, 5.41) is 0. The Morgan fingerprint density at radius 1 is 1.24 bits per heavy atom. The van der Waals surface area contributed by atoms with E-state index in [1.165, 1.54) is 16.8 Å². The van der Waals surface area contributed by atoms with E-state index in [-0.39, 0.29) is 6.04 Å². The number of hydrogen-bond acceptors (Lipinski definition) is 2. The molecule has 2 N–H and O–H groups in total. The monoisotopic (exact) mass is 229 g/mol. The first-order valence-electron chi connectivity index (χ1n) is 5.90. The van der Waals surface area contributed by atoms with Crippen LogP contribution in [0.25, 0.3) is 0 Å². The Morgan fingerprint density at radius 3 is 2.47 bits per heavy atom.